The summed E-state index contributed by atoms with van der Waals surface area (Å²) in [5.74, 6) is -0.213. The Morgan fingerprint density at radius 3 is 2.16 bits per heavy atom. The number of benzene rings is 2. The maximum Gasteiger partial charge on any atom is 0.269 e. The van der Waals surface area contributed by atoms with E-state index in [1.807, 2.05) is 6.07 Å². The van der Waals surface area contributed by atoms with Crippen molar-refractivity contribution in [2.45, 2.75) is 6.04 Å². The summed E-state index contributed by atoms with van der Waals surface area (Å²) >= 11 is 0. The van der Waals surface area contributed by atoms with E-state index in [1.165, 1.54) is 24.3 Å². The highest BCUT2D eigenvalue weighted by Crippen LogP contribution is 2.19. The number of nitrogens with two attached hydrogens (primary N) is 1. The van der Waals surface area contributed by atoms with Crippen LogP contribution < -0.4 is 5.73 Å². The van der Waals surface area contributed by atoms with Crippen LogP contribution in [0.15, 0.2) is 54.6 Å². The zero-order valence-corrected chi connectivity index (χ0v) is 10.0. The minimum atomic E-state index is -0.816. The van der Waals surface area contributed by atoms with Crippen molar-refractivity contribution in [3.05, 3.63) is 75.8 Å². The first kappa shape index (κ1) is 12.9. The highest BCUT2D eigenvalue weighted by molar-refractivity contribution is 6.00. The van der Waals surface area contributed by atoms with Crippen LogP contribution in [0.2, 0.25) is 0 Å². The molecular formula is C14H12N2O3. The molecule has 0 saturated carbocycles. The van der Waals surface area contributed by atoms with E-state index in [1.54, 1.807) is 24.3 Å². The van der Waals surface area contributed by atoms with Gasteiger partial charge in [-0.25, -0.2) is 0 Å². The molecule has 5 nitrogen and oxygen atoms in total. The summed E-state index contributed by atoms with van der Waals surface area (Å²) in [6.07, 6.45) is 0. The second kappa shape index (κ2) is 5.41. The van der Waals surface area contributed by atoms with Gasteiger partial charge in [0.15, 0.2) is 5.78 Å². The van der Waals surface area contributed by atoms with Gasteiger partial charge >= 0.3 is 0 Å². The number of carbonyl (C=O) groups excluding carboxylic acids is 1. The Morgan fingerprint density at radius 2 is 1.63 bits per heavy atom. The molecule has 2 aromatic carbocycles. The van der Waals surface area contributed by atoms with Crippen molar-refractivity contribution in [2.75, 3.05) is 0 Å². The number of hydrogen-bond acceptors (Lipinski definition) is 4. The van der Waals surface area contributed by atoms with E-state index >= 15 is 0 Å². The zero-order chi connectivity index (χ0) is 13.8. The molecule has 0 fully saturated rings. The van der Waals surface area contributed by atoms with Gasteiger partial charge in [-0.1, -0.05) is 42.5 Å². The first-order valence-electron chi connectivity index (χ1n) is 5.69. The number of rotatable bonds is 4. The van der Waals surface area contributed by atoms with Gasteiger partial charge in [0, 0.05) is 17.7 Å². The van der Waals surface area contributed by atoms with Crippen LogP contribution in [-0.2, 0) is 0 Å². The van der Waals surface area contributed by atoms with Crippen LogP contribution in [0.5, 0.6) is 0 Å². The average molecular weight is 256 g/mol. The van der Waals surface area contributed by atoms with Gasteiger partial charge < -0.3 is 5.73 Å². The molecule has 1 unspecified atom stereocenters. The number of Topliss-reactive ketones (excluding diaryl/α,β-unsaturated/α-hetero) is 1. The topological polar surface area (TPSA) is 86.2 Å². The fourth-order valence-corrected chi connectivity index (χ4v) is 1.74. The van der Waals surface area contributed by atoms with E-state index in [-0.39, 0.29) is 11.5 Å². The molecule has 19 heavy (non-hydrogen) atoms. The van der Waals surface area contributed by atoms with E-state index < -0.39 is 11.0 Å². The fourth-order valence-electron chi connectivity index (χ4n) is 1.74. The molecule has 1 atom stereocenters. The fraction of sp³-hybridized carbons (Fsp3) is 0.0714. The van der Waals surface area contributed by atoms with Crippen LogP contribution in [-0.4, -0.2) is 10.7 Å². The van der Waals surface area contributed by atoms with Crippen LogP contribution in [0.25, 0.3) is 0 Å². The molecule has 96 valence electrons. The van der Waals surface area contributed by atoms with Gasteiger partial charge in [-0.05, 0) is 5.56 Å². The van der Waals surface area contributed by atoms with Crippen molar-refractivity contribution in [2.24, 2.45) is 5.73 Å². The Labute approximate surface area is 109 Å². The molecule has 0 spiro atoms. The maximum atomic E-state index is 12.1. The Kier molecular flexibility index (Phi) is 3.68. The SMILES string of the molecule is NC(C(=O)c1ccccc1)c1ccc([N+](=O)[O-])cc1. The van der Waals surface area contributed by atoms with Gasteiger partial charge in [-0.15, -0.1) is 0 Å². The number of nitrogens with zero attached hydrogens (tertiary/aromatic N) is 1. The Morgan fingerprint density at radius 1 is 1.05 bits per heavy atom. The van der Waals surface area contributed by atoms with Gasteiger partial charge in [0.25, 0.3) is 5.69 Å². The zero-order valence-electron chi connectivity index (χ0n) is 10.0. The Balaban J connectivity index is 2.22. The second-order valence-electron chi connectivity index (χ2n) is 4.06. The molecule has 0 radical (unpaired) electrons. The maximum absolute atomic E-state index is 12.1. The predicted molar refractivity (Wildman–Crippen MR) is 70.8 cm³/mol. The molecule has 0 aliphatic heterocycles. The van der Waals surface area contributed by atoms with E-state index in [0.29, 0.717) is 11.1 Å². The summed E-state index contributed by atoms with van der Waals surface area (Å²) < 4.78 is 0. The standard InChI is InChI=1S/C14H12N2O3/c15-13(14(17)11-4-2-1-3-5-11)10-6-8-12(9-7-10)16(18)19/h1-9,13H,15H2. The summed E-state index contributed by atoms with van der Waals surface area (Å²) in [5, 5.41) is 10.5. The number of nitro benzene ring substituents is 1. The summed E-state index contributed by atoms with van der Waals surface area (Å²) in [6.45, 7) is 0. The van der Waals surface area contributed by atoms with E-state index in [4.69, 9.17) is 5.73 Å². The lowest BCUT2D eigenvalue weighted by molar-refractivity contribution is -0.384. The number of nitro groups is 1. The van der Waals surface area contributed by atoms with Crippen LogP contribution in [0.4, 0.5) is 5.69 Å². The molecule has 2 N–H and O–H groups in total. The van der Waals surface area contributed by atoms with E-state index in [9.17, 15) is 14.9 Å². The minimum Gasteiger partial charge on any atom is -0.318 e. The minimum absolute atomic E-state index is 0.0249. The summed E-state index contributed by atoms with van der Waals surface area (Å²) in [6, 6.07) is 13.6. The number of ketones is 1. The van der Waals surface area contributed by atoms with E-state index in [0.717, 1.165) is 0 Å². The van der Waals surface area contributed by atoms with Gasteiger partial charge in [-0.3, -0.25) is 14.9 Å². The van der Waals surface area contributed by atoms with Gasteiger partial charge in [-0.2, -0.15) is 0 Å². The Bertz CT molecular complexity index is 594. The van der Waals surface area contributed by atoms with Crippen molar-refractivity contribution in [3.8, 4) is 0 Å². The van der Waals surface area contributed by atoms with Crippen LogP contribution in [0, 0.1) is 10.1 Å². The molecule has 5 heteroatoms. The highest BCUT2D eigenvalue weighted by atomic mass is 16.6. The van der Waals surface area contributed by atoms with Crippen LogP contribution in [0.1, 0.15) is 22.0 Å². The third-order valence-corrected chi connectivity index (χ3v) is 2.80. The van der Waals surface area contributed by atoms with Crippen LogP contribution in [0.3, 0.4) is 0 Å². The number of hydrogen-bond donors (Lipinski definition) is 1. The summed E-state index contributed by atoms with van der Waals surface area (Å²) in [5.41, 5.74) is 6.93. The molecule has 0 aromatic heterocycles. The van der Waals surface area contributed by atoms with Crippen molar-refractivity contribution in [1.29, 1.82) is 0 Å². The third-order valence-electron chi connectivity index (χ3n) is 2.80. The largest absolute Gasteiger partial charge is 0.318 e. The van der Waals surface area contributed by atoms with Crippen molar-refractivity contribution >= 4 is 11.5 Å². The van der Waals surface area contributed by atoms with Crippen molar-refractivity contribution < 1.29 is 9.72 Å². The first-order valence-corrected chi connectivity index (χ1v) is 5.69. The molecule has 0 aliphatic rings. The van der Waals surface area contributed by atoms with Crippen LogP contribution >= 0.6 is 0 Å². The normalized spacial score (nSPS) is 11.8. The first-order chi connectivity index (χ1) is 9.09. The molecule has 0 aliphatic carbocycles. The van der Waals surface area contributed by atoms with Crippen molar-refractivity contribution in [1.82, 2.24) is 0 Å². The molecule has 0 bridgehead atoms. The molecular weight excluding hydrogens is 244 g/mol. The molecule has 0 heterocycles. The summed E-state index contributed by atoms with van der Waals surface area (Å²) in [7, 11) is 0. The monoisotopic (exact) mass is 256 g/mol. The lowest BCUT2D eigenvalue weighted by atomic mass is 9.98. The molecule has 0 amide bonds. The lowest BCUT2D eigenvalue weighted by Crippen LogP contribution is -2.21. The highest BCUT2D eigenvalue weighted by Gasteiger charge is 2.18. The molecule has 2 rings (SSSR count). The Hall–Kier alpha value is -2.53. The number of carbonyl (C=O) groups is 1. The van der Waals surface area contributed by atoms with Gasteiger partial charge in [0.1, 0.15) is 0 Å². The molecule has 0 saturated heterocycles. The predicted octanol–water partition coefficient (Wildman–Crippen LogP) is 2.48. The van der Waals surface area contributed by atoms with Gasteiger partial charge in [0.2, 0.25) is 0 Å². The van der Waals surface area contributed by atoms with Crippen molar-refractivity contribution in [3.63, 3.8) is 0 Å². The van der Waals surface area contributed by atoms with E-state index in [2.05, 4.69) is 0 Å². The number of non-ortho nitro benzene ring substituents is 1. The second-order valence-corrected chi connectivity index (χ2v) is 4.06. The molecule has 2 aromatic rings. The quantitative estimate of drug-likeness (QED) is 0.517. The smallest absolute Gasteiger partial charge is 0.269 e. The lowest BCUT2D eigenvalue weighted by Gasteiger charge is -2.10. The summed E-state index contributed by atoms with van der Waals surface area (Å²) in [4.78, 5) is 22.2. The van der Waals surface area contributed by atoms with Gasteiger partial charge in [0.05, 0.1) is 11.0 Å². The third kappa shape index (κ3) is 2.83. The average Bonchev–Trinajstić information content (AvgIpc) is 2.46.